The first-order valence-electron chi connectivity index (χ1n) is 6.26. The van der Waals surface area contributed by atoms with E-state index >= 15 is 0 Å². The van der Waals surface area contributed by atoms with E-state index in [0.717, 1.165) is 6.42 Å². The van der Waals surface area contributed by atoms with Gasteiger partial charge in [0.05, 0.1) is 4.92 Å². The van der Waals surface area contributed by atoms with Crippen LogP contribution in [0.5, 0.6) is 0 Å². The number of nitrogens with zero attached hydrogens (tertiary/aromatic N) is 1. The number of nitro groups is 1. The molecule has 104 valence electrons. The molecule has 1 rings (SSSR count). The summed E-state index contributed by atoms with van der Waals surface area (Å²) < 4.78 is 5.20. The first-order chi connectivity index (χ1) is 8.76. The van der Waals surface area contributed by atoms with Gasteiger partial charge in [-0.3, -0.25) is 10.1 Å². The highest BCUT2D eigenvalue weighted by atomic mass is 16.6. The van der Waals surface area contributed by atoms with Crippen molar-refractivity contribution in [2.45, 2.75) is 46.1 Å². The molecule has 0 saturated heterocycles. The van der Waals surface area contributed by atoms with E-state index in [-0.39, 0.29) is 11.3 Å². The highest BCUT2D eigenvalue weighted by Gasteiger charge is 2.27. The number of benzene rings is 1. The maximum atomic E-state index is 12.0. The smallest absolute Gasteiger partial charge is 0.345 e. The number of aryl methyl sites for hydroxylation is 1. The standard InChI is InChI=1S/C14H19NO4/c1-5-7-10-8-6-9-11(12(10)15(17)18)13(16)19-14(2,3)4/h6,8-9H,5,7H2,1-4H3. The van der Waals surface area contributed by atoms with Crippen molar-refractivity contribution in [2.75, 3.05) is 0 Å². The van der Waals surface area contributed by atoms with Crippen molar-refractivity contribution in [3.05, 3.63) is 39.4 Å². The molecule has 0 radical (unpaired) electrons. The molecule has 0 fully saturated rings. The molecule has 0 spiro atoms. The summed E-state index contributed by atoms with van der Waals surface area (Å²) >= 11 is 0. The Kier molecular flexibility index (Phi) is 4.64. The van der Waals surface area contributed by atoms with E-state index in [0.29, 0.717) is 12.0 Å². The van der Waals surface area contributed by atoms with Crippen LogP contribution >= 0.6 is 0 Å². The SMILES string of the molecule is CCCc1cccc(C(=O)OC(C)(C)C)c1[N+](=O)[O-]. The molecule has 0 unspecified atom stereocenters. The van der Waals surface area contributed by atoms with E-state index in [2.05, 4.69) is 0 Å². The van der Waals surface area contributed by atoms with Gasteiger partial charge in [0, 0.05) is 5.56 Å². The summed E-state index contributed by atoms with van der Waals surface area (Å²) in [7, 11) is 0. The van der Waals surface area contributed by atoms with Gasteiger partial charge in [0.25, 0.3) is 5.69 Å². The van der Waals surface area contributed by atoms with Crippen molar-refractivity contribution in [1.29, 1.82) is 0 Å². The summed E-state index contributed by atoms with van der Waals surface area (Å²) in [5, 5.41) is 11.2. The predicted molar refractivity (Wildman–Crippen MR) is 72.3 cm³/mol. The van der Waals surface area contributed by atoms with Gasteiger partial charge >= 0.3 is 5.97 Å². The summed E-state index contributed by atoms with van der Waals surface area (Å²) in [6.45, 7) is 7.12. The number of esters is 1. The molecule has 0 heterocycles. The number of hydrogen-bond acceptors (Lipinski definition) is 4. The summed E-state index contributed by atoms with van der Waals surface area (Å²) in [6.07, 6.45) is 1.34. The quantitative estimate of drug-likeness (QED) is 0.474. The maximum absolute atomic E-state index is 12.0. The third-order valence-corrected chi connectivity index (χ3v) is 2.44. The zero-order valence-corrected chi connectivity index (χ0v) is 11.7. The maximum Gasteiger partial charge on any atom is 0.345 e. The molecule has 0 amide bonds. The first-order valence-corrected chi connectivity index (χ1v) is 6.26. The molecular weight excluding hydrogens is 246 g/mol. The molecule has 5 nitrogen and oxygen atoms in total. The number of ether oxygens (including phenoxy) is 1. The van der Waals surface area contributed by atoms with Crippen molar-refractivity contribution in [2.24, 2.45) is 0 Å². The largest absolute Gasteiger partial charge is 0.456 e. The van der Waals surface area contributed by atoms with Crippen LogP contribution < -0.4 is 0 Å². The summed E-state index contributed by atoms with van der Waals surface area (Å²) in [6, 6.07) is 4.76. The van der Waals surface area contributed by atoms with Gasteiger partial charge in [-0.05, 0) is 33.3 Å². The lowest BCUT2D eigenvalue weighted by molar-refractivity contribution is -0.385. The molecule has 0 aliphatic rings. The summed E-state index contributed by atoms with van der Waals surface area (Å²) in [5.74, 6) is -0.655. The number of hydrogen-bond donors (Lipinski definition) is 0. The zero-order chi connectivity index (χ0) is 14.6. The van der Waals surface area contributed by atoms with Crippen LogP contribution in [0.4, 0.5) is 5.69 Å². The fraction of sp³-hybridized carbons (Fsp3) is 0.500. The van der Waals surface area contributed by atoms with Crippen molar-refractivity contribution in [3.8, 4) is 0 Å². The first kappa shape index (κ1) is 15.1. The molecule has 0 saturated carbocycles. The van der Waals surface area contributed by atoms with Gasteiger partial charge in [-0.1, -0.05) is 25.5 Å². The number of nitro benzene ring substituents is 1. The summed E-state index contributed by atoms with van der Waals surface area (Å²) in [4.78, 5) is 22.7. The lowest BCUT2D eigenvalue weighted by Gasteiger charge is -2.19. The van der Waals surface area contributed by atoms with Crippen LogP contribution in [0, 0.1) is 10.1 Å². The number of carbonyl (C=O) groups excluding carboxylic acids is 1. The van der Waals surface area contributed by atoms with Crippen LogP contribution in [0.1, 0.15) is 50.0 Å². The lowest BCUT2D eigenvalue weighted by atomic mass is 10.0. The number of para-hydroxylation sites is 1. The van der Waals surface area contributed by atoms with Crippen molar-refractivity contribution in [1.82, 2.24) is 0 Å². The number of carbonyl (C=O) groups is 1. The van der Waals surface area contributed by atoms with Crippen LogP contribution in [-0.2, 0) is 11.2 Å². The average molecular weight is 265 g/mol. The predicted octanol–water partition coefficient (Wildman–Crippen LogP) is 3.50. The Morgan fingerprint density at radius 3 is 2.47 bits per heavy atom. The minimum atomic E-state index is -0.675. The Balaban J connectivity index is 3.23. The minimum absolute atomic E-state index is 0.0193. The molecule has 0 N–H and O–H groups in total. The molecule has 1 aromatic carbocycles. The molecule has 19 heavy (non-hydrogen) atoms. The van der Waals surface area contributed by atoms with Gasteiger partial charge in [0.1, 0.15) is 11.2 Å². The Morgan fingerprint density at radius 2 is 2.00 bits per heavy atom. The third-order valence-electron chi connectivity index (χ3n) is 2.44. The molecule has 0 aromatic heterocycles. The van der Waals surface area contributed by atoms with Gasteiger partial charge < -0.3 is 4.74 Å². The van der Waals surface area contributed by atoms with Crippen LogP contribution in [0.2, 0.25) is 0 Å². The molecule has 1 aromatic rings. The Bertz CT molecular complexity index is 489. The Hall–Kier alpha value is -1.91. The molecule has 0 atom stereocenters. The lowest BCUT2D eigenvalue weighted by Crippen LogP contribution is -2.24. The van der Waals surface area contributed by atoms with Gasteiger partial charge in [-0.25, -0.2) is 4.79 Å². The average Bonchev–Trinajstić information content (AvgIpc) is 2.26. The summed E-state index contributed by atoms with van der Waals surface area (Å²) in [5.41, 5.74) is -0.230. The molecule has 5 heteroatoms. The van der Waals surface area contributed by atoms with Crippen LogP contribution in [-0.4, -0.2) is 16.5 Å². The number of rotatable bonds is 4. The fourth-order valence-corrected chi connectivity index (χ4v) is 1.78. The Morgan fingerprint density at radius 1 is 1.37 bits per heavy atom. The second-order valence-corrected chi connectivity index (χ2v) is 5.32. The van der Waals surface area contributed by atoms with E-state index in [1.54, 1.807) is 32.9 Å². The zero-order valence-electron chi connectivity index (χ0n) is 11.7. The minimum Gasteiger partial charge on any atom is -0.456 e. The van der Waals surface area contributed by atoms with E-state index in [1.807, 2.05) is 6.92 Å². The van der Waals surface area contributed by atoms with Crippen LogP contribution in [0.3, 0.4) is 0 Å². The molecule has 0 aliphatic carbocycles. The van der Waals surface area contributed by atoms with Crippen molar-refractivity contribution >= 4 is 11.7 Å². The normalized spacial score (nSPS) is 11.2. The van der Waals surface area contributed by atoms with Crippen molar-refractivity contribution in [3.63, 3.8) is 0 Å². The molecule has 0 aliphatic heterocycles. The van der Waals surface area contributed by atoms with Gasteiger partial charge in [-0.15, -0.1) is 0 Å². The second-order valence-electron chi connectivity index (χ2n) is 5.32. The van der Waals surface area contributed by atoms with E-state index in [9.17, 15) is 14.9 Å². The van der Waals surface area contributed by atoms with Crippen LogP contribution in [0.25, 0.3) is 0 Å². The third kappa shape index (κ3) is 4.05. The molecular formula is C14H19NO4. The topological polar surface area (TPSA) is 69.4 Å². The van der Waals surface area contributed by atoms with E-state index < -0.39 is 16.5 Å². The van der Waals surface area contributed by atoms with Crippen LogP contribution in [0.15, 0.2) is 18.2 Å². The van der Waals surface area contributed by atoms with Gasteiger partial charge in [-0.2, -0.15) is 0 Å². The Labute approximate surface area is 112 Å². The highest BCUT2D eigenvalue weighted by Crippen LogP contribution is 2.27. The van der Waals surface area contributed by atoms with Gasteiger partial charge in [0.15, 0.2) is 0 Å². The van der Waals surface area contributed by atoms with Gasteiger partial charge in [0.2, 0.25) is 0 Å². The monoisotopic (exact) mass is 265 g/mol. The highest BCUT2D eigenvalue weighted by molar-refractivity contribution is 5.94. The fourth-order valence-electron chi connectivity index (χ4n) is 1.78. The second kappa shape index (κ2) is 5.82. The molecule has 0 bridgehead atoms. The van der Waals surface area contributed by atoms with E-state index in [4.69, 9.17) is 4.74 Å². The van der Waals surface area contributed by atoms with E-state index in [1.165, 1.54) is 6.07 Å². The van der Waals surface area contributed by atoms with Crippen molar-refractivity contribution < 1.29 is 14.5 Å².